The molecular weight excluding hydrogens is 313 g/mol. The molecule has 114 valence electrons. The van der Waals surface area contributed by atoms with Gasteiger partial charge < -0.3 is 10.1 Å². The number of amides is 1. The van der Waals surface area contributed by atoms with E-state index in [4.69, 9.17) is 27.9 Å². The minimum atomic E-state index is -0.317. The lowest BCUT2D eigenvalue weighted by Gasteiger charge is -2.15. The van der Waals surface area contributed by atoms with Crippen LogP contribution in [0.15, 0.2) is 18.2 Å². The van der Waals surface area contributed by atoms with Crippen molar-refractivity contribution in [3.8, 4) is 0 Å². The number of rotatable bonds is 4. The third-order valence-electron chi connectivity index (χ3n) is 3.54. The van der Waals surface area contributed by atoms with Crippen molar-refractivity contribution in [2.24, 2.45) is 11.8 Å². The van der Waals surface area contributed by atoms with Gasteiger partial charge in [-0.2, -0.15) is 0 Å². The number of carbonyl (C=O) groups excluding carboxylic acids is 2. The van der Waals surface area contributed by atoms with E-state index in [1.165, 1.54) is 0 Å². The van der Waals surface area contributed by atoms with E-state index in [1.807, 2.05) is 6.92 Å². The number of anilines is 1. The Labute approximate surface area is 133 Å². The average Bonchev–Trinajstić information content (AvgIpc) is 2.72. The molecule has 1 amide bonds. The molecule has 0 saturated carbocycles. The topological polar surface area (TPSA) is 55.4 Å². The fourth-order valence-electron chi connectivity index (χ4n) is 2.42. The summed E-state index contributed by atoms with van der Waals surface area (Å²) in [6.45, 7) is 3.64. The summed E-state index contributed by atoms with van der Waals surface area (Å²) >= 11 is 11.9. The molecule has 1 aliphatic rings. The first-order valence-corrected chi connectivity index (χ1v) is 7.59. The van der Waals surface area contributed by atoms with Crippen molar-refractivity contribution < 1.29 is 14.3 Å². The Morgan fingerprint density at radius 3 is 2.81 bits per heavy atom. The number of halogens is 2. The fourth-order valence-corrected chi connectivity index (χ4v) is 2.75. The second kappa shape index (κ2) is 6.67. The van der Waals surface area contributed by atoms with Gasteiger partial charge in [-0.25, -0.2) is 0 Å². The number of nitrogens with one attached hydrogen (secondary N) is 1. The Morgan fingerprint density at radius 1 is 1.48 bits per heavy atom. The molecular formula is C15H17Cl2NO3. The molecule has 1 fully saturated rings. The van der Waals surface area contributed by atoms with Crippen LogP contribution in [-0.4, -0.2) is 18.0 Å². The Morgan fingerprint density at radius 2 is 2.19 bits per heavy atom. The molecule has 2 rings (SSSR count). The summed E-state index contributed by atoms with van der Waals surface area (Å²) in [5.41, 5.74) is 0.475. The molecule has 1 heterocycles. The summed E-state index contributed by atoms with van der Waals surface area (Å²) in [5, 5.41) is 3.66. The molecule has 21 heavy (non-hydrogen) atoms. The van der Waals surface area contributed by atoms with Gasteiger partial charge in [0.15, 0.2) is 0 Å². The molecule has 0 aromatic heterocycles. The summed E-state index contributed by atoms with van der Waals surface area (Å²) < 4.78 is 5.10. The van der Waals surface area contributed by atoms with E-state index in [0.717, 1.165) is 0 Å². The SMILES string of the molecule is C[C@H](C[C@H]1C[C@H](C)OC1=O)C(=O)Nc1cc(Cl)ccc1Cl. The third kappa shape index (κ3) is 4.11. The zero-order valence-electron chi connectivity index (χ0n) is 11.9. The Kier molecular flexibility index (Phi) is 5.12. The van der Waals surface area contributed by atoms with Crippen LogP contribution in [0.5, 0.6) is 0 Å². The molecule has 1 aromatic rings. The highest BCUT2D eigenvalue weighted by Crippen LogP contribution is 2.29. The molecule has 0 aliphatic carbocycles. The van der Waals surface area contributed by atoms with Gasteiger partial charge >= 0.3 is 5.97 Å². The zero-order valence-corrected chi connectivity index (χ0v) is 13.4. The van der Waals surface area contributed by atoms with Crippen LogP contribution in [0.3, 0.4) is 0 Å². The first-order chi connectivity index (χ1) is 9.86. The van der Waals surface area contributed by atoms with Gasteiger partial charge in [0, 0.05) is 10.9 Å². The van der Waals surface area contributed by atoms with Crippen molar-refractivity contribution in [3.63, 3.8) is 0 Å². The number of esters is 1. The third-order valence-corrected chi connectivity index (χ3v) is 4.10. The van der Waals surface area contributed by atoms with Crippen molar-refractivity contribution in [1.29, 1.82) is 0 Å². The molecule has 0 radical (unpaired) electrons. The summed E-state index contributed by atoms with van der Waals surface area (Å²) in [5.74, 6) is -0.937. The molecule has 3 atom stereocenters. The number of carbonyl (C=O) groups is 2. The average molecular weight is 330 g/mol. The molecule has 1 aromatic carbocycles. The summed E-state index contributed by atoms with van der Waals surface area (Å²) in [4.78, 5) is 23.8. The second-order valence-electron chi connectivity index (χ2n) is 5.43. The van der Waals surface area contributed by atoms with Crippen LogP contribution < -0.4 is 5.32 Å². The van der Waals surface area contributed by atoms with Crippen molar-refractivity contribution >= 4 is 40.8 Å². The van der Waals surface area contributed by atoms with Crippen LogP contribution in [0.1, 0.15) is 26.7 Å². The second-order valence-corrected chi connectivity index (χ2v) is 6.27. The Hall–Kier alpha value is -1.26. The van der Waals surface area contributed by atoms with Crippen LogP contribution >= 0.6 is 23.2 Å². The van der Waals surface area contributed by atoms with E-state index < -0.39 is 0 Å². The first kappa shape index (κ1) is 16.1. The van der Waals surface area contributed by atoms with Crippen LogP contribution in [0, 0.1) is 11.8 Å². The summed E-state index contributed by atoms with van der Waals surface area (Å²) in [6, 6.07) is 4.87. The highest BCUT2D eigenvalue weighted by atomic mass is 35.5. The molecule has 0 unspecified atom stereocenters. The van der Waals surface area contributed by atoms with Gasteiger partial charge in [0.2, 0.25) is 5.91 Å². The van der Waals surface area contributed by atoms with Gasteiger partial charge in [-0.05, 0) is 38.0 Å². The van der Waals surface area contributed by atoms with Crippen molar-refractivity contribution in [2.45, 2.75) is 32.8 Å². The smallest absolute Gasteiger partial charge is 0.309 e. The van der Waals surface area contributed by atoms with Gasteiger partial charge in [-0.3, -0.25) is 9.59 Å². The Bertz CT molecular complexity index is 562. The van der Waals surface area contributed by atoms with Gasteiger partial charge in [-0.1, -0.05) is 30.1 Å². The monoisotopic (exact) mass is 329 g/mol. The van der Waals surface area contributed by atoms with Gasteiger partial charge in [0.05, 0.1) is 22.7 Å². The standard InChI is InChI=1S/C15H17Cl2NO3/c1-8(5-10-6-9(2)21-15(10)20)14(19)18-13-7-11(16)3-4-12(13)17/h3-4,7-10H,5-6H2,1-2H3,(H,18,19)/t8-,9+,10+/m1/s1. The predicted molar refractivity (Wildman–Crippen MR) is 82.5 cm³/mol. The molecule has 1 saturated heterocycles. The van der Waals surface area contributed by atoms with Gasteiger partial charge in [0.1, 0.15) is 0 Å². The maximum atomic E-state index is 12.2. The highest BCUT2D eigenvalue weighted by Gasteiger charge is 2.34. The lowest BCUT2D eigenvalue weighted by molar-refractivity contribution is -0.144. The summed E-state index contributed by atoms with van der Waals surface area (Å²) in [6.07, 6.45) is 1.06. The van der Waals surface area contributed by atoms with Crippen molar-refractivity contribution in [2.75, 3.05) is 5.32 Å². The molecule has 0 spiro atoms. The zero-order chi connectivity index (χ0) is 15.6. The quantitative estimate of drug-likeness (QED) is 0.852. The Balaban J connectivity index is 1.96. The maximum Gasteiger partial charge on any atom is 0.309 e. The van der Waals surface area contributed by atoms with Crippen LogP contribution in [-0.2, 0) is 14.3 Å². The van der Waals surface area contributed by atoms with E-state index in [2.05, 4.69) is 5.32 Å². The van der Waals surface area contributed by atoms with Crippen LogP contribution in [0.4, 0.5) is 5.69 Å². The van der Waals surface area contributed by atoms with E-state index in [0.29, 0.717) is 28.6 Å². The molecule has 4 nitrogen and oxygen atoms in total. The molecule has 1 aliphatic heterocycles. The molecule has 6 heteroatoms. The van der Waals surface area contributed by atoms with E-state index in [-0.39, 0.29) is 29.8 Å². The predicted octanol–water partition coefficient (Wildman–Crippen LogP) is 3.91. The van der Waals surface area contributed by atoms with Crippen LogP contribution in [0.25, 0.3) is 0 Å². The van der Waals surface area contributed by atoms with Gasteiger partial charge in [0.25, 0.3) is 0 Å². The van der Waals surface area contributed by atoms with E-state index >= 15 is 0 Å². The first-order valence-electron chi connectivity index (χ1n) is 6.83. The molecule has 0 bridgehead atoms. The fraction of sp³-hybridized carbons (Fsp3) is 0.467. The maximum absolute atomic E-state index is 12.2. The minimum absolute atomic E-state index is 0.0693. The molecule has 1 N–H and O–H groups in total. The van der Waals surface area contributed by atoms with Crippen LogP contribution in [0.2, 0.25) is 10.0 Å². The largest absolute Gasteiger partial charge is 0.462 e. The number of benzene rings is 1. The lowest BCUT2D eigenvalue weighted by atomic mass is 9.93. The highest BCUT2D eigenvalue weighted by molar-refractivity contribution is 6.35. The van der Waals surface area contributed by atoms with Gasteiger partial charge in [-0.15, -0.1) is 0 Å². The van der Waals surface area contributed by atoms with Crippen molar-refractivity contribution in [1.82, 2.24) is 0 Å². The van der Waals surface area contributed by atoms with Crippen molar-refractivity contribution in [3.05, 3.63) is 28.2 Å². The normalized spacial score (nSPS) is 22.8. The number of hydrogen-bond acceptors (Lipinski definition) is 3. The van der Waals surface area contributed by atoms with E-state index in [1.54, 1.807) is 25.1 Å². The number of hydrogen-bond donors (Lipinski definition) is 1. The lowest BCUT2D eigenvalue weighted by Crippen LogP contribution is -2.24. The summed E-state index contributed by atoms with van der Waals surface area (Å²) in [7, 11) is 0. The number of cyclic esters (lactones) is 1. The van der Waals surface area contributed by atoms with E-state index in [9.17, 15) is 9.59 Å². The number of ether oxygens (including phenoxy) is 1. The minimum Gasteiger partial charge on any atom is -0.462 e.